The maximum Gasteiger partial charge on any atom is 0.138 e. The van der Waals surface area contributed by atoms with Crippen LogP contribution in [0.15, 0.2) is 36.9 Å². The van der Waals surface area contributed by atoms with E-state index in [-0.39, 0.29) is 0 Å². The fourth-order valence-electron chi connectivity index (χ4n) is 4.12. The first-order valence-corrected chi connectivity index (χ1v) is 8.63. The Kier molecular flexibility index (Phi) is 3.94. The Morgan fingerprint density at radius 3 is 2.73 bits per heavy atom. The summed E-state index contributed by atoms with van der Waals surface area (Å²) in [7, 11) is 0. The first-order valence-electron chi connectivity index (χ1n) is 8.63. The summed E-state index contributed by atoms with van der Waals surface area (Å²) in [5.41, 5.74) is 1.23. The summed E-state index contributed by atoms with van der Waals surface area (Å²) in [4.78, 5) is 11.8. The van der Waals surface area contributed by atoms with Crippen LogP contribution in [-0.4, -0.2) is 32.0 Å². The maximum atomic E-state index is 4.92. The molecule has 2 aromatic heterocycles. The van der Waals surface area contributed by atoms with Crippen LogP contribution in [-0.2, 0) is 0 Å². The Labute approximate surface area is 132 Å². The summed E-state index contributed by atoms with van der Waals surface area (Å²) < 4.78 is 1.99. The van der Waals surface area contributed by atoms with E-state index in [0.717, 1.165) is 11.9 Å². The SMILES string of the molecule is c1cc(C2CCCN2C2CCCCC2)nc(-n2ccnc2)c1. The van der Waals surface area contributed by atoms with Gasteiger partial charge in [-0.25, -0.2) is 9.97 Å². The molecule has 1 saturated heterocycles. The molecule has 2 fully saturated rings. The number of likely N-dealkylation sites (tertiary alicyclic amines) is 1. The van der Waals surface area contributed by atoms with Gasteiger partial charge in [-0.3, -0.25) is 9.47 Å². The van der Waals surface area contributed by atoms with Crippen molar-refractivity contribution >= 4 is 0 Å². The molecule has 22 heavy (non-hydrogen) atoms. The Bertz CT molecular complexity index is 601. The Balaban J connectivity index is 1.59. The minimum Gasteiger partial charge on any atom is -0.292 e. The number of aromatic nitrogens is 3. The van der Waals surface area contributed by atoms with Crippen molar-refractivity contribution in [3.05, 3.63) is 42.6 Å². The molecule has 4 rings (SSSR count). The number of hydrogen-bond donors (Lipinski definition) is 0. The number of rotatable bonds is 3. The molecule has 0 radical (unpaired) electrons. The highest BCUT2D eigenvalue weighted by Crippen LogP contribution is 2.37. The van der Waals surface area contributed by atoms with E-state index in [1.165, 1.54) is 57.2 Å². The molecule has 116 valence electrons. The summed E-state index contributed by atoms with van der Waals surface area (Å²) >= 11 is 0. The Morgan fingerprint density at radius 2 is 1.91 bits per heavy atom. The second kappa shape index (κ2) is 6.21. The predicted octanol–water partition coefficient (Wildman–Crippen LogP) is 3.74. The second-order valence-electron chi connectivity index (χ2n) is 6.58. The largest absolute Gasteiger partial charge is 0.292 e. The van der Waals surface area contributed by atoms with Gasteiger partial charge in [0.2, 0.25) is 0 Å². The molecule has 1 saturated carbocycles. The van der Waals surface area contributed by atoms with Crippen LogP contribution in [0.5, 0.6) is 0 Å². The van der Waals surface area contributed by atoms with Gasteiger partial charge in [-0.1, -0.05) is 25.3 Å². The number of imidazole rings is 1. The molecule has 0 amide bonds. The van der Waals surface area contributed by atoms with Crippen LogP contribution in [0.2, 0.25) is 0 Å². The Hall–Kier alpha value is -1.68. The molecule has 4 nitrogen and oxygen atoms in total. The van der Waals surface area contributed by atoms with Crippen molar-refractivity contribution in [2.24, 2.45) is 0 Å². The van der Waals surface area contributed by atoms with Crippen LogP contribution in [0, 0.1) is 0 Å². The molecule has 2 aliphatic rings. The highest BCUT2D eigenvalue weighted by molar-refractivity contribution is 5.26. The normalized spacial score (nSPS) is 23.9. The van der Waals surface area contributed by atoms with Gasteiger partial charge in [0.05, 0.1) is 11.7 Å². The van der Waals surface area contributed by atoms with Crippen molar-refractivity contribution in [3.8, 4) is 5.82 Å². The molecule has 1 aliphatic carbocycles. The van der Waals surface area contributed by atoms with Gasteiger partial charge >= 0.3 is 0 Å². The summed E-state index contributed by atoms with van der Waals surface area (Å²) in [5.74, 6) is 0.977. The lowest BCUT2D eigenvalue weighted by Crippen LogP contribution is -2.36. The smallest absolute Gasteiger partial charge is 0.138 e. The molecule has 3 heterocycles. The molecule has 0 bridgehead atoms. The summed E-state index contributed by atoms with van der Waals surface area (Å²) in [6.07, 6.45) is 15.1. The zero-order valence-electron chi connectivity index (χ0n) is 13.1. The second-order valence-corrected chi connectivity index (χ2v) is 6.58. The van der Waals surface area contributed by atoms with Gasteiger partial charge < -0.3 is 0 Å². The summed E-state index contributed by atoms with van der Waals surface area (Å²) in [6, 6.07) is 7.68. The third-order valence-corrected chi connectivity index (χ3v) is 5.20. The molecule has 2 aromatic rings. The van der Waals surface area contributed by atoms with Gasteiger partial charge in [0.15, 0.2) is 0 Å². The average molecular weight is 296 g/mol. The lowest BCUT2D eigenvalue weighted by Gasteiger charge is -2.35. The molecule has 4 heteroatoms. The van der Waals surface area contributed by atoms with Gasteiger partial charge in [0, 0.05) is 18.4 Å². The van der Waals surface area contributed by atoms with Crippen molar-refractivity contribution in [2.45, 2.75) is 57.0 Å². The van der Waals surface area contributed by atoms with Gasteiger partial charge in [-0.2, -0.15) is 0 Å². The fraction of sp³-hybridized carbons (Fsp3) is 0.556. The fourth-order valence-corrected chi connectivity index (χ4v) is 4.12. The molecular formula is C18H24N4. The van der Waals surface area contributed by atoms with Crippen LogP contribution < -0.4 is 0 Å². The maximum absolute atomic E-state index is 4.92. The molecule has 1 unspecified atom stereocenters. The Morgan fingerprint density at radius 1 is 1.00 bits per heavy atom. The van der Waals surface area contributed by atoms with Crippen LogP contribution in [0.25, 0.3) is 5.82 Å². The van der Waals surface area contributed by atoms with E-state index < -0.39 is 0 Å². The molecule has 1 atom stereocenters. The van der Waals surface area contributed by atoms with Gasteiger partial charge in [-0.05, 0) is 44.4 Å². The van der Waals surface area contributed by atoms with E-state index in [9.17, 15) is 0 Å². The van der Waals surface area contributed by atoms with Gasteiger partial charge in [-0.15, -0.1) is 0 Å². The van der Waals surface area contributed by atoms with E-state index in [1.54, 1.807) is 6.20 Å². The van der Waals surface area contributed by atoms with Crippen LogP contribution >= 0.6 is 0 Å². The van der Waals surface area contributed by atoms with Gasteiger partial charge in [0.25, 0.3) is 0 Å². The third-order valence-electron chi connectivity index (χ3n) is 5.20. The van der Waals surface area contributed by atoms with Gasteiger partial charge in [0.1, 0.15) is 12.1 Å². The first-order chi connectivity index (χ1) is 10.9. The predicted molar refractivity (Wildman–Crippen MR) is 86.9 cm³/mol. The number of nitrogens with zero attached hydrogens (tertiary/aromatic N) is 4. The molecule has 0 N–H and O–H groups in total. The monoisotopic (exact) mass is 296 g/mol. The topological polar surface area (TPSA) is 34.0 Å². The van der Waals surface area contributed by atoms with Crippen LogP contribution in [0.4, 0.5) is 0 Å². The van der Waals surface area contributed by atoms with Crippen molar-refractivity contribution in [1.29, 1.82) is 0 Å². The third kappa shape index (κ3) is 2.68. The van der Waals surface area contributed by atoms with Crippen LogP contribution in [0.1, 0.15) is 56.7 Å². The van der Waals surface area contributed by atoms with Crippen LogP contribution in [0.3, 0.4) is 0 Å². The van der Waals surface area contributed by atoms with Crippen molar-refractivity contribution in [2.75, 3.05) is 6.54 Å². The molecule has 0 aromatic carbocycles. The molecule has 0 spiro atoms. The quantitative estimate of drug-likeness (QED) is 0.865. The minimum absolute atomic E-state index is 0.506. The highest BCUT2D eigenvalue weighted by atomic mass is 15.2. The van der Waals surface area contributed by atoms with E-state index in [0.29, 0.717) is 6.04 Å². The molecule has 1 aliphatic heterocycles. The van der Waals surface area contributed by atoms with E-state index in [1.807, 2.05) is 17.1 Å². The first kappa shape index (κ1) is 13.9. The average Bonchev–Trinajstić information content (AvgIpc) is 3.27. The number of pyridine rings is 1. The zero-order chi connectivity index (χ0) is 14.8. The number of hydrogen-bond acceptors (Lipinski definition) is 3. The molecular weight excluding hydrogens is 272 g/mol. The van der Waals surface area contributed by atoms with Crippen molar-refractivity contribution < 1.29 is 0 Å². The summed E-state index contributed by atoms with van der Waals surface area (Å²) in [6.45, 7) is 1.24. The van der Waals surface area contributed by atoms with E-state index >= 15 is 0 Å². The van der Waals surface area contributed by atoms with E-state index in [2.05, 4.69) is 28.1 Å². The lowest BCUT2D eigenvalue weighted by molar-refractivity contribution is 0.140. The summed E-state index contributed by atoms with van der Waals surface area (Å²) in [5, 5.41) is 0. The van der Waals surface area contributed by atoms with E-state index in [4.69, 9.17) is 4.98 Å². The standard InChI is InChI=1S/C18H24N4/c1-2-6-15(7-3-1)22-12-5-9-17(22)16-8-4-10-18(20-16)21-13-11-19-14-21/h4,8,10-11,13-15,17H,1-3,5-7,9,12H2. The lowest BCUT2D eigenvalue weighted by atomic mass is 9.93. The van der Waals surface area contributed by atoms with Crippen molar-refractivity contribution in [3.63, 3.8) is 0 Å². The highest BCUT2D eigenvalue weighted by Gasteiger charge is 2.33. The van der Waals surface area contributed by atoms with Crippen molar-refractivity contribution in [1.82, 2.24) is 19.4 Å². The zero-order valence-corrected chi connectivity index (χ0v) is 13.1. The minimum atomic E-state index is 0.506.